The summed E-state index contributed by atoms with van der Waals surface area (Å²) in [5.74, 6) is -0.964. The normalized spacial score (nSPS) is 12.3. The first-order valence-corrected chi connectivity index (χ1v) is 9.40. The van der Waals surface area contributed by atoms with Gasteiger partial charge in [-0.3, -0.25) is 4.79 Å². The maximum absolute atomic E-state index is 14.0. The van der Waals surface area contributed by atoms with Crippen molar-refractivity contribution in [3.05, 3.63) is 89.5 Å². The minimum atomic E-state index is -4.69. The van der Waals surface area contributed by atoms with Gasteiger partial charge < -0.3 is 9.47 Å². The van der Waals surface area contributed by atoms with Gasteiger partial charge in [0, 0.05) is 12.5 Å². The average molecular weight is 414 g/mol. The quantitative estimate of drug-likeness (QED) is 0.428. The van der Waals surface area contributed by atoms with Crippen LogP contribution in [0.15, 0.2) is 72.8 Å². The number of halogens is 3. The van der Waals surface area contributed by atoms with Crippen molar-refractivity contribution in [2.45, 2.75) is 32.7 Å². The number of hydrogen-bond acceptors (Lipinski definition) is 3. The van der Waals surface area contributed by atoms with Crippen LogP contribution in [0.3, 0.4) is 0 Å². The van der Waals surface area contributed by atoms with E-state index in [9.17, 15) is 18.0 Å². The molecular formula is C24H21F3O3. The van der Waals surface area contributed by atoms with Crippen LogP contribution in [0.1, 0.15) is 36.6 Å². The SMILES string of the molecule is CC(=O)OC(C)c1cc(-c2ccccc2)cc(OCc2ccccc2)c1C(F)(F)F. The predicted molar refractivity (Wildman–Crippen MR) is 108 cm³/mol. The van der Waals surface area contributed by atoms with Crippen LogP contribution < -0.4 is 4.74 Å². The van der Waals surface area contributed by atoms with Gasteiger partial charge in [-0.15, -0.1) is 0 Å². The minimum Gasteiger partial charge on any atom is -0.488 e. The van der Waals surface area contributed by atoms with Crippen molar-refractivity contribution in [2.75, 3.05) is 0 Å². The van der Waals surface area contributed by atoms with Gasteiger partial charge in [-0.1, -0.05) is 60.7 Å². The fourth-order valence-corrected chi connectivity index (χ4v) is 3.22. The molecule has 0 bridgehead atoms. The molecule has 0 fully saturated rings. The van der Waals surface area contributed by atoms with Crippen molar-refractivity contribution in [1.82, 2.24) is 0 Å². The van der Waals surface area contributed by atoms with E-state index in [1.165, 1.54) is 19.1 Å². The predicted octanol–water partition coefficient (Wildman–Crippen LogP) is 6.58. The molecule has 3 aromatic rings. The van der Waals surface area contributed by atoms with Gasteiger partial charge in [0.2, 0.25) is 0 Å². The largest absolute Gasteiger partial charge is 0.488 e. The highest BCUT2D eigenvalue weighted by Crippen LogP contribution is 2.44. The van der Waals surface area contributed by atoms with Gasteiger partial charge in [0.1, 0.15) is 24.0 Å². The highest BCUT2D eigenvalue weighted by molar-refractivity contribution is 5.69. The molecule has 0 saturated carbocycles. The van der Waals surface area contributed by atoms with E-state index in [0.29, 0.717) is 5.56 Å². The molecule has 0 radical (unpaired) electrons. The van der Waals surface area contributed by atoms with Gasteiger partial charge in [0.15, 0.2) is 0 Å². The summed E-state index contributed by atoms with van der Waals surface area (Å²) in [5, 5.41) is 0. The number of carbonyl (C=O) groups excluding carboxylic acids is 1. The Balaban J connectivity index is 2.14. The molecule has 0 aromatic heterocycles. The van der Waals surface area contributed by atoms with Crippen molar-refractivity contribution in [2.24, 2.45) is 0 Å². The summed E-state index contributed by atoms with van der Waals surface area (Å²) in [6.07, 6.45) is -5.79. The molecule has 0 aliphatic rings. The summed E-state index contributed by atoms with van der Waals surface area (Å²) < 4.78 is 52.9. The zero-order chi connectivity index (χ0) is 21.7. The lowest BCUT2D eigenvalue weighted by molar-refractivity contribution is -0.149. The van der Waals surface area contributed by atoms with E-state index < -0.39 is 23.8 Å². The van der Waals surface area contributed by atoms with Crippen molar-refractivity contribution in [3.63, 3.8) is 0 Å². The van der Waals surface area contributed by atoms with E-state index in [1.54, 1.807) is 48.5 Å². The summed E-state index contributed by atoms with van der Waals surface area (Å²) in [4.78, 5) is 11.4. The Bertz CT molecular complexity index is 999. The highest BCUT2D eigenvalue weighted by Gasteiger charge is 2.39. The third-order valence-electron chi connectivity index (χ3n) is 4.54. The van der Waals surface area contributed by atoms with Crippen LogP contribution in [0.5, 0.6) is 5.75 Å². The van der Waals surface area contributed by atoms with Crippen molar-refractivity contribution < 1.29 is 27.4 Å². The molecule has 0 aliphatic carbocycles. The van der Waals surface area contributed by atoms with Crippen LogP contribution >= 0.6 is 0 Å². The van der Waals surface area contributed by atoms with E-state index >= 15 is 0 Å². The summed E-state index contributed by atoms with van der Waals surface area (Å²) in [7, 11) is 0. The lowest BCUT2D eigenvalue weighted by Gasteiger charge is -2.23. The topological polar surface area (TPSA) is 35.5 Å². The Morgan fingerprint density at radius 3 is 2.10 bits per heavy atom. The molecular weight excluding hydrogens is 393 g/mol. The monoisotopic (exact) mass is 414 g/mol. The van der Waals surface area contributed by atoms with Gasteiger partial charge in [0.25, 0.3) is 0 Å². The van der Waals surface area contributed by atoms with E-state index in [0.717, 1.165) is 18.1 Å². The fraction of sp³-hybridized carbons (Fsp3) is 0.208. The average Bonchev–Trinajstić information content (AvgIpc) is 2.71. The minimum absolute atomic E-state index is 0.0243. The van der Waals surface area contributed by atoms with E-state index in [-0.39, 0.29) is 17.9 Å². The lowest BCUT2D eigenvalue weighted by atomic mass is 9.95. The maximum atomic E-state index is 14.0. The van der Waals surface area contributed by atoms with Crippen molar-refractivity contribution in [1.29, 1.82) is 0 Å². The molecule has 156 valence electrons. The third-order valence-corrected chi connectivity index (χ3v) is 4.54. The van der Waals surface area contributed by atoms with Crippen LogP contribution in [0.25, 0.3) is 11.1 Å². The van der Waals surface area contributed by atoms with E-state index in [4.69, 9.17) is 9.47 Å². The number of alkyl halides is 3. The Hall–Kier alpha value is -3.28. The zero-order valence-corrected chi connectivity index (χ0v) is 16.6. The number of esters is 1. The smallest absolute Gasteiger partial charge is 0.420 e. The van der Waals surface area contributed by atoms with Crippen molar-refractivity contribution in [3.8, 4) is 16.9 Å². The molecule has 0 amide bonds. The number of rotatable bonds is 6. The molecule has 1 unspecified atom stereocenters. The van der Waals surface area contributed by atoms with Gasteiger partial charge in [-0.2, -0.15) is 13.2 Å². The van der Waals surface area contributed by atoms with E-state index in [2.05, 4.69) is 0 Å². The zero-order valence-electron chi connectivity index (χ0n) is 16.6. The van der Waals surface area contributed by atoms with Crippen LogP contribution in [-0.4, -0.2) is 5.97 Å². The van der Waals surface area contributed by atoms with Crippen LogP contribution in [-0.2, 0) is 22.3 Å². The van der Waals surface area contributed by atoms with Gasteiger partial charge in [-0.25, -0.2) is 0 Å². The second-order valence-electron chi connectivity index (χ2n) is 6.83. The van der Waals surface area contributed by atoms with Gasteiger partial charge >= 0.3 is 12.1 Å². The number of carbonyl (C=O) groups is 1. The number of ether oxygens (including phenoxy) is 2. The standard InChI is InChI=1S/C24H21F3O3/c1-16(30-17(2)28)21-13-20(19-11-7-4-8-12-19)14-22(23(21)24(25,26)27)29-15-18-9-5-3-6-10-18/h3-14,16H,15H2,1-2H3. The lowest BCUT2D eigenvalue weighted by Crippen LogP contribution is -2.16. The first kappa shape index (κ1) is 21.4. The molecule has 0 aliphatic heterocycles. The molecule has 6 heteroatoms. The first-order valence-electron chi connectivity index (χ1n) is 9.40. The van der Waals surface area contributed by atoms with E-state index in [1.807, 2.05) is 12.1 Å². The first-order chi connectivity index (χ1) is 14.3. The fourth-order valence-electron chi connectivity index (χ4n) is 3.22. The molecule has 0 spiro atoms. The maximum Gasteiger partial charge on any atom is 0.420 e. The van der Waals surface area contributed by atoms with Crippen LogP contribution in [0.4, 0.5) is 13.2 Å². The Labute approximate surface area is 173 Å². The molecule has 3 nitrogen and oxygen atoms in total. The molecule has 3 aromatic carbocycles. The van der Waals surface area contributed by atoms with Crippen LogP contribution in [0.2, 0.25) is 0 Å². The van der Waals surface area contributed by atoms with Gasteiger partial charge in [-0.05, 0) is 35.7 Å². The number of hydrogen-bond donors (Lipinski definition) is 0. The molecule has 0 saturated heterocycles. The Morgan fingerprint density at radius 1 is 0.933 bits per heavy atom. The summed E-state index contributed by atoms with van der Waals surface area (Å²) >= 11 is 0. The van der Waals surface area contributed by atoms with Crippen LogP contribution in [0, 0.1) is 0 Å². The number of benzene rings is 3. The third kappa shape index (κ3) is 5.20. The molecule has 0 N–H and O–H groups in total. The van der Waals surface area contributed by atoms with Gasteiger partial charge in [0.05, 0.1) is 0 Å². The second kappa shape index (κ2) is 9.03. The summed E-state index contributed by atoms with van der Waals surface area (Å²) in [6, 6.07) is 20.7. The highest BCUT2D eigenvalue weighted by atomic mass is 19.4. The summed E-state index contributed by atoms with van der Waals surface area (Å²) in [5.41, 5.74) is 0.923. The molecule has 0 heterocycles. The second-order valence-corrected chi connectivity index (χ2v) is 6.83. The molecule has 30 heavy (non-hydrogen) atoms. The molecule has 1 atom stereocenters. The Kier molecular flexibility index (Phi) is 6.45. The molecule has 3 rings (SSSR count). The van der Waals surface area contributed by atoms with Crippen molar-refractivity contribution >= 4 is 5.97 Å². The Morgan fingerprint density at radius 2 is 1.53 bits per heavy atom. The summed E-state index contributed by atoms with van der Waals surface area (Å²) in [6.45, 7) is 2.56.